The van der Waals surface area contributed by atoms with Gasteiger partial charge in [0.25, 0.3) is 0 Å². The number of carbonyl (C=O) groups is 1. The lowest BCUT2D eigenvalue weighted by Crippen LogP contribution is -2.33. The Morgan fingerprint density at radius 3 is 2.61 bits per heavy atom. The van der Waals surface area contributed by atoms with Crippen LogP contribution < -0.4 is 0 Å². The Morgan fingerprint density at radius 1 is 1.23 bits per heavy atom. The Hall–Kier alpha value is -1.75. The van der Waals surface area contributed by atoms with E-state index < -0.39 is 43.4 Å². The molecular formula is C19H29N4O7P. The van der Waals surface area contributed by atoms with E-state index in [1.807, 2.05) is 6.92 Å². The predicted octanol–water partition coefficient (Wildman–Crippen LogP) is 0.951. The maximum Gasteiger partial charge on any atom is 0.361 e. The lowest BCUT2D eigenvalue weighted by molar-refractivity contribution is -0.128. The molecular weight excluding hydrogens is 427 g/mol. The van der Waals surface area contributed by atoms with Crippen LogP contribution in [0.5, 0.6) is 0 Å². The van der Waals surface area contributed by atoms with Crippen LogP contribution in [0.4, 0.5) is 0 Å². The van der Waals surface area contributed by atoms with Crippen LogP contribution in [0.3, 0.4) is 0 Å². The topological polar surface area (TPSA) is 168 Å². The van der Waals surface area contributed by atoms with Gasteiger partial charge in [-0.25, -0.2) is 15.0 Å². The highest BCUT2D eigenvalue weighted by atomic mass is 31.2. The van der Waals surface area contributed by atoms with Crippen molar-refractivity contribution in [2.75, 3.05) is 6.61 Å². The van der Waals surface area contributed by atoms with Gasteiger partial charge in [0.05, 0.1) is 30.8 Å². The highest BCUT2D eigenvalue weighted by Crippen LogP contribution is 2.44. The second-order valence-corrected chi connectivity index (χ2v) is 9.58. The van der Waals surface area contributed by atoms with Crippen molar-refractivity contribution < 1.29 is 34.1 Å². The van der Waals surface area contributed by atoms with Gasteiger partial charge in [-0.1, -0.05) is 20.3 Å². The van der Waals surface area contributed by atoms with E-state index in [0.29, 0.717) is 17.6 Å². The summed E-state index contributed by atoms with van der Waals surface area (Å²) in [6.45, 7) is 3.48. The minimum absolute atomic E-state index is 0.0188. The molecule has 0 saturated heterocycles. The van der Waals surface area contributed by atoms with Crippen molar-refractivity contribution in [3.05, 3.63) is 18.3 Å². The number of aliphatic hydroxyl groups excluding tert-OH is 2. The molecule has 2 heterocycles. The second kappa shape index (κ2) is 9.81. The molecule has 5 atom stereocenters. The highest BCUT2D eigenvalue weighted by molar-refractivity contribution is 7.53. The molecule has 0 bridgehead atoms. The van der Waals surface area contributed by atoms with Crippen LogP contribution in [0.15, 0.2) is 12.7 Å². The zero-order chi connectivity index (χ0) is 22.8. The lowest BCUT2D eigenvalue weighted by atomic mass is 10.1. The van der Waals surface area contributed by atoms with Crippen LogP contribution in [0.25, 0.3) is 11.2 Å². The number of imidazole rings is 1. The summed E-state index contributed by atoms with van der Waals surface area (Å²) in [7, 11) is -4.81. The van der Waals surface area contributed by atoms with Crippen LogP contribution in [0.2, 0.25) is 0 Å². The third-order valence-corrected chi connectivity index (χ3v) is 6.64. The van der Waals surface area contributed by atoms with Crippen molar-refractivity contribution in [3.8, 4) is 0 Å². The van der Waals surface area contributed by atoms with E-state index in [9.17, 15) is 29.4 Å². The first-order chi connectivity index (χ1) is 14.7. The molecule has 0 spiro atoms. The number of hydrogen-bond donors (Lipinski definition) is 4. The fourth-order valence-electron chi connectivity index (χ4n) is 4.07. The Bertz CT molecular complexity index is 962. The van der Waals surface area contributed by atoms with Crippen molar-refractivity contribution >= 4 is 24.5 Å². The first-order valence-electron chi connectivity index (χ1n) is 10.4. The SMILES string of the molecule is CCCC(=O)C(OC[C@H]1C[C@@H](n2cnc3c(CCC)ncnc32)[C@H](O)[C@@H]1O)P(=O)(O)O. The van der Waals surface area contributed by atoms with Gasteiger partial charge in [0.1, 0.15) is 17.9 Å². The Balaban J connectivity index is 1.77. The van der Waals surface area contributed by atoms with Crippen LogP contribution in [0, 0.1) is 5.92 Å². The third-order valence-electron chi connectivity index (χ3n) is 5.60. The standard InChI is InChI=1S/C19H29N4O7P/c1-3-5-12-15-18(21-9-20-12)23(10-22-15)13-7-11(16(25)17(13)26)8-30-19(31(27,28)29)14(24)6-4-2/h9-11,13,16-17,19,25-26H,3-8H2,1-2H3,(H2,27,28,29)/t11-,13-,16-,17+,19?/m1/s1. The van der Waals surface area contributed by atoms with Gasteiger partial charge < -0.3 is 29.3 Å². The first-order valence-corrected chi connectivity index (χ1v) is 12.1. The zero-order valence-corrected chi connectivity index (χ0v) is 18.4. The maximum absolute atomic E-state index is 12.1. The van der Waals surface area contributed by atoms with Crippen molar-refractivity contribution in [2.24, 2.45) is 5.92 Å². The number of aliphatic hydroxyl groups is 2. The number of carbonyl (C=O) groups excluding carboxylic acids is 1. The van der Waals surface area contributed by atoms with E-state index in [-0.39, 0.29) is 19.4 Å². The maximum atomic E-state index is 12.1. The molecule has 11 nitrogen and oxygen atoms in total. The molecule has 3 rings (SSSR count). The van der Waals surface area contributed by atoms with Crippen LogP contribution in [-0.2, 0) is 20.5 Å². The minimum Gasteiger partial charge on any atom is -0.390 e. The molecule has 1 fully saturated rings. The minimum atomic E-state index is -4.81. The Kier molecular flexibility index (Phi) is 7.56. The van der Waals surface area contributed by atoms with Gasteiger partial charge in [0.15, 0.2) is 11.4 Å². The fourth-order valence-corrected chi connectivity index (χ4v) is 4.85. The number of Topliss-reactive ketones (excluding diaryl/α,β-unsaturated/α-hetero) is 1. The number of aryl methyl sites for hydroxylation is 1. The van der Waals surface area contributed by atoms with Crippen molar-refractivity contribution in [2.45, 2.75) is 70.0 Å². The monoisotopic (exact) mass is 456 g/mol. The number of fused-ring (bicyclic) bond motifs is 1. The van der Waals surface area contributed by atoms with Crippen LogP contribution in [0.1, 0.15) is 51.3 Å². The average molecular weight is 456 g/mol. The summed E-state index contributed by atoms with van der Waals surface area (Å²) < 4.78 is 18.7. The summed E-state index contributed by atoms with van der Waals surface area (Å²) in [6, 6.07) is -0.558. The first kappa shape index (κ1) is 23.9. The van der Waals surface area contributed by atoms with Crippen molar-refractivity contribution in [3.63, 3.8) is 0 Å². The molecule has 31 heavy (non-hydrogen) atoms. The molecule has 172 valence electrons. The Morgan fingerprint density at radius 2 is 1.97 bits per heavy atom. The van der Waals surface area contributed by atoms with Gasteiger partial charge in [0, 0.05) is 12.3 Å². The number of ketones is 1. The van der Waals surface area contributed by atoms with E-state index in [1.54, 1.807) is 17.8 Å². The van der Waals surface area contributed by atoms with Gasteiger partial charge in [-0.05, 0) is 19.3 Å². The summed E-state index contributed by atoms with van der Waals surface area (Å²) in [5, 5.41) is 21.2. The third kappa shape index (κ3) is 5.02. The molecule has 1 saturated carbocycles. The smallest absolute Gasteiger partial charge is 0.361 e. The zero-order valence-electron chi connectivity index (χ0n) is 17.5. The van der Waals surface area contributed by atoms with Gasteiger partial charge in [-0.3, -0.25) is 9.36 Å². The molecule has 4 N–H and O–H groups in total. The largest absolute Gasteiger partial charge is 0.390 e. The number of nitrogens with zero attached hydrogens (tertiary/aromatic N) is 4. The summed E-state index contributed by atoms with van der Waals surface area (Å²) in [6.07, 6.45) is 2.93. The van der Waals surface area contributed by atoms with E-state index in [4.69, 9.17) is 4.74 Å². The molecule has 1 aliphatic carbocycles. The van der Waals surface area contributed by atoms with E-state index in [2.05, 4.69) is 15.0 Å². The number of ether oxygens (including phenoxy) is 1. The number of rotatable bonds is 10. The molecule has 2 aromatic heterocycles. The molecule has 0 aliphatic heterocycles. The van der Waals surface area contributed by atoms with E-state index in [0.717, 1.165) is 18.5 Å². The summed E-state index contributed by atoms with van der Waals surface area (Å²) in [4.78, 5) is 44.0. The second-order valence-electron chi connectivity index (χ2n) is 7.93. The molecule has 1 aliphatic rings. The molecule has 0 aromatic carbocycles. The normalized spacial score (nSPS) is 25.2. The molecule has 1 unspecified atom stereocenters. The number of hydrogen-bond acceptors (Lipinski definition) is 8. The quantitative estimate of drug-likeness (QED) is 0.378. The van der Waals surface area contributed by atoms with Crippen molar-refractivity contribution in [1.82, 2.24) is 19.5 Å². The van der Waals surface area contributed by atoms with Crippen molar-refractivity contribution in [1.29, 1.82) is 0 Å². The van der Waals surface area contributed by atoms with Gasteiger partial charge >= 0.3 is 7.60 Å². The molecule has 2 aromatic rings. The summed E-state index contributed by atoms with van der Waals surface area (Å²) in [5.41, 5.74) is 1.98. The molecule has 0 radical (unpaired) electrons. The average Bonchev–Trinajstić information content (AvgIpc) is 3.24. The summed E-state index contributed by atoms with van der Waals surface area (Å²) >= 11 is 0. The highest BCUT2D eigenvalue weighted by Gasteiger charge is 2.45. The van der Waals surface area contributed by atoms with Gasteiger partial charge in [-0.15, -0.1) is 0 Å². The summed E-state index contributed by atoms with van der Waals surface area (Å²) in [5.74, 6) is -3.17. The molecule has 12 heteroatoms. The van der Waals surface area contributed by atoms with Crippen LogP contribution in [-0.4, -0.2) is 70.0 Å². The lowest BCUT2D eigenvalue weighted by Gasteiger charge is -2.21. The predicted molar refractivity (Wildman–Crippen MR) is 110 cm³/mol. The van der Waals surface area contributed by atoms with E-state index >= 15 is 0 Å². The number of aromatic nitrogens is 4. The van der Waals surface area contributed by atoms with Crippen LogP contribution >= 0.6 is 7.60 Å². The molecule has 0 amide bonds. The van der Waals surface area contributed by atoms with Gasteiger partial charge in [-0.2, -0.15) is 0 Å². The van der Waals surface area contributed by atoms with Gasteiger partial charge in [0.2, 0.25) is 5.85 Å². The Labute approximate surface area is 179 Å². The van der Waals surface area contributed by atoms with E-state index in [1.165, 1.54) is 6.33 Å². The fraction of sp³-hybridized carbons (Fsp3) is 0.684.